The van der Waals surface area contributed by atoms with Gasteiger partial charge in [-0.25, -0.2) is 0 Å². The van der Waals surface area contributed by atoms with Crippen molar-refractivity contribution in [2.24, 2.45) is 5.92 Å². The van der Waals surface area contributed by atoms with Gasteiger partial charge in [0.25, 0.3) is 0 Å². The fourth-order valence-electron chi connectivity index (χ4n) is 2.12. The predicted octanol–water partition coefficient (Wildman–Crippen LogP) is 3.53. The molecule has 0 saturated carbocycles. The summed E-state index contributed by atoms with van der Waals surface area (Å²) in [6.07, 6.45) is 1.80. The van der Waals surface area contributed by atoms with Crippen LogP contribution in [0.3, 0.4) is 0 Å². The lowest BCUT2D eigenvalue weighted by Gasteiger charge is -2.21. The van der Waals surface area contributed by atoms with E-state index in [1.54, 1.807) is 18.2 Å². The Kier molecular flexibility index (Phi) is 4.82. The van der Waals surface area contributed by atoms with E-state index in [1.807, 2.05) is 13.8 Å². The van der Waals surface area contributed by atoms with Crippen LogP contribution in [0.5, 0.6) is 0 Å². The highest BCUT2D eigenvalue weighted by atomic mass is 35.5. The van der Waals surface area contributed by atoms with E-state index in [4.69, 9.17) is 17.3 Å². The molecule has 0 radical (unpaired) electrons. The third-order valence-electron chi connectivity index (χ3n) is 2.96. The van der Waals surface area contributed by atoms with Gasteiger partial charge in [0.1, 0.15) is 0 Å². The van der Waals surface area contributed by atoms with E-state index < -0.39 is 11.9 Å². The number of rotatable bonds is 5. The topological polar surface area (TPSA) is 63.3 Å². The maximum atomic E-state index is 11.4. The van der Waals surface area contributed by atoms with Crippen LogP contribution in [-0.4, -0.2) is 11.1 Å². The average Bonchev–Trinajstić information content (AvgIpc) is 2.23. The Morgan fingerprint density at radius 3 is 2.71 bits per heavy atom. The van der Waals surface area contributed by atoms with Crippen molar-refractivity contribution in [1.29, 1.82) is 0 Å². The molecule has 0 aliphatic rings. The summed E-state index contributed by atoms with van der Waals surface area (Å²) in [6.45, 7) is 3.97. The highest BCUT2D eigenvalue weighted by Gasteiger charge is 2.27. The summed E-state index contributed by atoms with van der Waals surface area (Å²) in [6, 6.07) is 4.98. The molecule has 0 amide bonds. The summed E-state index contributed by atoms with van der Waals surface area (Å²) < 4.78 is 0. The predicted molar refractivity (Wildman–Crippen MR) is 70.3 cm³/mol. The molecule has 0 heterocycles. The number of hydrogen-bond donors (Lipinski definition) is 2. The van der Waals surface area contributed by atoms with Crippen molar-refractivity contribution in [3.63, 3.8) is 0 Å². The highest BCUT2D eigenvalue weighted by molar-refractivity contribution is 6.30. The molecule has 0 spiro atoms. The summed E-state index contributed by atoms with van der Waals surface area (Å²) in [5, 5.41) is 9.86. The second-order valence-corrected chi connectivity index (χ2v) is 4.79. The second-order valence-electron chi connectivity index (χ2n) is 4.36. The molecule has 0 aliphatic heterocycles. The van der Waals surface area contributed by atoms with Crippen molar-refractivity contribution >= 4 is 23.3 Å². The van der Waals surface area contributed by atoms with Crippen LogP contribution >= 0.6 is 11.6 Å². The van der Waals surface area contributed by atoms with Gasteiger partial charge in [0.2, 0.25) is 0 Å². The normalized spacial score (nSPS) is 14.3. The van der Waals surface area contributed by atoms with Gasteiger partial charge in [0.15, 0.2) is 0 Å². The minimum Gasteiger partial charge on any atom is -0.481 e. The van der Waals surface area contributed by atoms with Crippen LogP contribution in [0.15, 0.2) is 18.2 Å². The first-order valence-corrected chi connectivity index (χ1v) is 6.12. The Balaban J connectivity index is 3.13. The number of hydrogen-bond acceptors (Lipinski definition) is 2. The molecule has 0 bridgehead atoms. The van der Waals surface area contributed by atoms with Crippen molar-refractivity contribution in [3.8, 4) is 0 Å². The van der Waals surface area contributed by atoms with Crippen LogP contribution < -0.4 is 5.73 Å². The number of carboxylic acid groups (broad SMARTS) is 1. The lowest BCUT2D eigenvalue weighted by atomic mass is 9.84. The van der Waals surface area contributed by atoms with Gasteiger partial charge < -0.3 is 10.8 Å². The molecule has 2 atom stereocenters. The van der Waals surface area contributed by atoms with Crippen molar-refractivity contribution < 1.29 is 9.90 Å². The Morgan fingerprint density at radius 2 is 2.18 bits per heavy atom. The molecule has 0 aliphatic carbocycles. The van der Waals surface area contributed by atoms with Gasteiger partial charge in [-0.1, -0.05) is 31.9 Å². The van der Waals surface area contributed by atoms with Crippen LogP contribution in [0.4, 0.5) is 5.69 Å². The molecule has 3 N–H and O–H groups in total. The number of aliphatic carboxylic acids is 1. The molecular formula is C13H18ClNO2. The number of nitrogens with two attached hydrogens (primary N) is 1. The van der Waals surface area contributed by atoms with Gasteiger partial charge in [-0.2, -0.15) is 0 Å². The number of nitrogen functional groups attached to an aromatic ring is 1. The minimum atomic E-state index is -0.847. The number of anilines is 1. The third kappa shape index (κ3) is 3.37. The van der Waals surface area contributed by atoms with E-state index in [9.17, 15) is 9.90 Å². The molecule has 0 aromatic heterocycles. The van der Waals surface area contributed by atoms with E-state index in [-0.39, 0.29) is 5.92 Å². The number of benzene rings is 1. The Morgan fingerprint density at radius 1 is 1.53 bits per heavy atom. The monoisotopic (exact) mass is 255 g/mol. The lowest BCUT2D eigenvalue weighted by Crippen LogP contribution is -2.20. The third-order valence-corrected chi connectivity index (χ3v) is 3.20. The molecule has 0 fully saturated rings. The van der Waals surface area contributed by atoms with Crippen molar-refractivity contribution in [2.75, 3.05) is 5.73 Å². The van der Waals surface area contributed by atoms with E-state index in [2.05, 4.69) is 0 Å². The Hall–Kier alpha value is -1.22. The quantitative estimate of drug-likeness (QED) is 0.791. The second kappa shape index (κ2) is 5.92. The van der Waals surface area contributed by atoms with Gasteiger partial charge in [-0.05, 0) is 36.1 Å². The fraction of sp³-hybridized carbons (Fsp3) is 0.462. The minimum absolute atomic E-state index is 0.0401. The molecule has 17 heavy (non-hydrogen) atoms. The fourth-order valence-corrected chi connectivity index (χ4v) is 2.30. The summed E-state index contributed by atoms with van der Waals surface area (Å²) in [7, 11) is 0. The number of halogens is 1. The van der Waals surface area contributed by atoms with Crippen LogP contribution in [-0.2, 0) is 4.79 Å². The molecule has 1 aromatic rings. The van der Waals surface area contributed by atoms with Crippen LogP contribution in [0, 0.1) is 5.92 Å². The highest BCUT2D eigenvalue weighted by Crippen LogP contribution is 2.33. The number of carboxylic acids is 1. The lowest BCUT2D eigenvalue weighted by molar-refractivity contribution is -0.140. The Labute approximate surface area is 107 Å². The van der Waals surface area contributed by atoms with Crippen LogP contribution in [0.1, 0.15) is 38.2 Å². The average molecular weight is 256 g/mol. The van der Waals surface area contributed by atoms with Crippen LogP contribution in [0.25, 0.3) is 0 Å². The standard InChI is InChI=1S/C13H18ClNO2/c1-3-4-8(2)12(13(16)17)10-7-9(14)5-6-11(10)15/h5-8,12H,3-4,15H2,1-2H3,(H,16,17). The summed E-state index contributed by atoms with van der Waals surface area (Å²) in [5.41, 5.74) is 6.95. The summed E-state index contributed by atoms with van der Waals surface area (Å²) >= 11 is 5.90. The van der Waals surface area contributed by atoms with E-state index in [0.29, 0.717) is 16.3 Å². The smallest absolute Gasteiger partial charge is 0.311 e. The molecule has 4 heteroatoms. The van der Waals surface area contributed by atoms with E-state index in [0.717, 1.165) is 12.8 Å². The molecule has 1 aromatic carbocycles. The van der Waals surface area contributed by atoms with Crippen LogP contribution in [0.2, 0.25) is 5.02 Å². The van der Waals surface area contributed by atoms with Gasteiger partial charge in [-0.3, -0.25) is 4.79 Å². The zero-order chi connectivity index (χ0) is 13.0. The largest absolute Gasteiger partial charge is 0.481 e. The van der Waals surface area contributed by atoms with Gasteiger partial charge in [0.05, 0.1) is 5.92 Å². The molecular weight excluding hydrogens is 238 g/mol. The molecule has 0 saturated heterocycles. The maximum absolute atomic E-state index is 11.4. The van der Waals surface area contributed by atoms with E-state index in [1.165, 1.54) is 0 Å². The first kappa shape index (κ1) is 13.8. The first-order valence-electron chi connectivity index (χ1n) is 5.75. The van der Waals surface area contributed by atoms with Gasteiger partial charge in [-0.15, -0.1) is 0 Å². The van der Waals surface area contributed by atoms with E-state index >= 15 is 0 Å². The zero-order valence-corrected chi connectivity index (χ0v) is 10.9. The molecule has 3 nitrogen and oxygen atoms in total. The summed E-state index contributed by atoms with van der Waals surface area (Å²) in [5.74, 6) is -1.40. The molecule has 94 valence electrons. The first-order chi connectivity index (χ1) is 7.97. The van der Waals surface area contributed by atoms with Crippen molar-refractivity contribution in [2.45, 2.75) is 32.6 Å². The van der Waals surface area contributed by atoms with Crippen molar-refractivity contribution in [1.82, 2.24) is 0 Å². The molecule has 2 unspecified atom stereocenters. The van der Waals surface area contributed by atoms with Gasteiger partial charge >= 0.3 is 5.97 Å². The van der Waals surface area contributed by atoms with Gasteiger partial charge in [0, 0.05) is 10.7 Å². The number of carbonyl (C=O) groups is 1. The molecule has 1 rings (SSSR count). The SMILES string of the molecule is CCCC(C)C(C(=O)O)c1cc(Cl)ccc1N. The summed E-state index contributed by atoms with van der Waals surface area (Å²) in [4.78, 5) is 11.4. The Bertz CT molecular complexity index is 406. The van der Waals surface area contributed by atoms with Crippen molar-refractivity contribution in [3.05, 3.63) is 28.8 Å². The zero-order valence-electron chi connectivity index (χ0n) is 10.1. The maximum Gasteiger partial charge on any atom is 0.311 e.